The molecule has 98 valence electrons. The molecule has 1 aromatic carbocycles. The maximum Gasteiger partial charge on any atom is 0.282 e. The van der Waals surface area contributed by atoms with E-state index in [1.54, 1.807) is 11.6 Å². The number of nitro groups is 1. The molecule has 19 heavy (non-hydrogen) atoms. The molecule has 0 bridgehead atoms. The van der Waals surface area contributed by atoms with Gasteiger partial charge in [0.15, 0.2) is 0 Å². The molecule has 2 aromatic rings. The predicted molar refractivity (Wildman–Crippen MR) is 66.3 cm³/mol. The summed E-state index contributed by atoms with van der Waals surface area (Å²) in [6.07, 6.45) is 1.58. The summed E-state index contributed by atoms with van der Waals surface area (Å²) in [5.41, 5.74) is -0.736. The molecule has 0 aliphatic carbocycles. The highest BCUT2D eigenvalue weighted by Gasteiger charge is 2.20. The van der Waals surface area contributed by atoms with Crippen LogP contribution < -0.4 is 5.32 Å². The number of hydrogen-bond donors (Lipinski definition) is 1. The van der Waals surface area contributed by atoms with Crippen molar-refractivity contribution in [2.75, 3.05) is 0 Å². The second kappa shape index (κ2) is 5.53. The van der Waals surface area contributed by atoms with Gasteiger partial charge in [-0.3, -0.25) is 14.9 Å². The van der Waals surface area contributed by atoms with Crippen LogP contribution in [0.2, 0.25) is 0 Å². The molecule has 0 unspecified atom stereocenters. The molecule has 0 radical (unpaired) electrons. The number of nitrogens with zero attached hydrogens (tertiary/aromatic N) is 2. The van der Waals surface area contributed by atoms with E-state index >= 15 is 0 Å². The number of rotatable bonds is 4. The SMILES string of the molecule is O=C(NCc1nccs1)c1cc(F)ccc1[N+](=O)[O-]. The molecule has 6 nitrogen and oxygen atoms in total. The molecule has 0 aliphatic rings. The van der Waals surface area contributed by atoms with Crippen LogP contribution >= 0.6 is 11.3 Å². The van der Waals surface area contributed by atoms with Gasteiger partial charge in [-0.1, -0.05) is 0 Å². The Hall–Kier alpha value is -2.35. The minimum Gasteiger partial charge on any atom is -0.345 e. The van der Waals surface area contributed by atoms with Crippen molar-refractivity contribution in [3.63, 3.8) is 0 Å². The third-order valence-corrected chi connectivity index (χ3v) is 3.06. The van der Waals surface area contributed by atoms with Crippen molar-refractivity contribution in [2.24, 2.45) is 0 Å². The first kappa shape index (κ1) is 13.1. The zero-order valence-electron chi connectivity index (χ0n) is 9.50. The standard InChI is InChI=1S/C11H8FN3O3S/c12-7-1-2-9(15(17)18)8(5-7)11(16)14-6-10-13-3-4-19-10/h1-5H,6H2,(H,14,16). The van der Waals surface area contributed by atoms with E-state index in [-0.39, 0.29) is 12.1 Å². The Morgan fingerprint density at radius 3 is 2.95 bits per heavy atom. The fourth-order valence-corrected chi connectivity index (χ4v) is 2.00. The Balaban J connectivity index is 2.18. The summed E-state index contributed by atoms with van der Waals surface area (Å²) >= 11 is 1.34. The number of carbonyl (C=O) groups excluding carboxylic acids is 1. The molecule has 0 atom stereocenters. The molecule has 0 saturated heterocycles. The Morgan fingerprint density at radius 1 is 1.53 bits per heavy atom. The smallest absolute Gasteiger partial charge is 0.282 e. The van der Waals surface area contributed by atoms with E-state index < -0.39 is 22.3 Å². The van der Waals surface area contributed by atoms with Crippen LogP contribution in [0.5, 0.6) is 0 Å². The van der Waals surface area contributed by atoms with Crippen LogP contribution in [0.15, 0.2) is 29.8 Å². The van der Waals surface area contributed by atoms with E-state index in [2.05, 4.69) is 10.3 Å². The highest BCUT2D eigenvalue weighted by atomic mass is 32.1. The number of halogens is 1. The fraction of sp³-hybridized carbons (Fsp3) is 0.0909. The Labute approximate surface area is 111 Å². The van der Waals surface area contributed by atoms with Crippen LogP contribution in [0.25, 0.3) is 0 Å². The van der Waals surface area contributed by atoms with E-state index in [1.165, 1.54) is 11.3 Å². The molecular formula is C11H8FN3O3S. The van der Waals surface area contributed by atoms with Gasteiger partial charge in [-0.2, -0.15) is 0 Å². The van der Waals surface area contributed by atoms with Gasteiger partial charge in [-0.05, 0) is 12.1 Å². The Kier molecular flexibility index (Phi) is 3.81. The van der Waals surface area contributed by atoms with Crippen molar-refractivity contribution >= 4 is 22.9 Å². The van der Waals surface area contributed by atoms with Gasteiger partial charge in [-0.25, -0.2) is 9.37 Å². The number of carbonyl (C=O) groups is 1. The van der Waals surface area contributed by atoms with Crippen molar-refractivity contribution in [1.29, 1.82) is 0 Å². The normalized spacial score (nSPS) is 10.2. The Bertz CT molecular complexity index is 616. The van der Waals surface area contributed by atoms with Gasteiger partial charge in [0.25, 0.3) is 11.6 Å². The maximum absolute atomic E-state index is 13.1. The molecule has 0 spiro atoms. The average molecular weight is 281 g/mol. The average Bonchev–Trinajstić information content (AvgIpc) is 2.88. The van der Waals surface area contributed by atoms with Gasteiger partial charge in [0.05, 0.1) is 11.5 Å². The lowest BCUT2D eigenvalue weighted by atomic mass is 10.1. The van der Waals surface area contributed by atoms with Crippen LogP contribution in [-0.4, -0.2) is 15.8 Å². The number of hydrogen-bond acceptors (Lipinski definition) is 5. The second-order valence-electron chi connectivity index (χ2n) is 3.53. The summed E-state index contributed by atoms with van der Waals surface area (Å²) in [5, 5.41) is 15.6. The zero-order chi connectivity index (χ0) is 13.8. The van der Waals surface area contributed by atoms with E-state index in [0.29, 0.717) is 5.01 Å². The molecule has 1 aromatic heterocycles. The minimum atomic E-state index is -0.724. The van der Waals surface area contributed by atoms with Crippen molar-refractivity contribution in [2.45, 2.75) is 6.54 Å². The third kappa shape index (κ3) is 3.10. The highest BCUT2D eigenvalue weighted by Crippen LogP contribution is 2.19. The van der Waals surface area contributed by atoms with Crippen LogP contribution in [-0.2, 0) is 6.54 Å². The largest absolute Gasteiger partial charge is 0.345 e. The maximum atomic E-state index is 13.1. The van der Waals surface area contributed by atoms with Gasteiger partial charge in [0.2, 0.25) is 0 Å². The van der Waals surface area contributed by atoms with Crippen LogP contribution in [0, 0.1) is 15.9 Å². The first-order valence-corrected chi connectivity index (χ1v) is 6.06. The number of aromatic nitrogens is 1. The van der Waals surface area contributed by atoms with Crippen molar-refractivity contribution in [1.82, 2.24) is 10.3 Å². The van der Waals surface area contributed by atoms with Crippen LogP contribution in [0.4, 0.5) is 10.1 Å². The quantitative estimate of drug-likeness (QED) is 0.687. The van der Waals surface area contributed by atoms with E-state index in [1.807, 2.05) is 0 Å². The number of thiazole rings is 1. The number of nitro benzene ring substituents is 1. The van der Waals surface area contributed by atoms with Crippen molar-refractivity contribution < 1.29 is 14.1 Å². The lowest BCUT2D eigenvalue weighted by Gasteiger charge is -2.04. The highest BCUT2D eigenvalue weighted by molar-refractivity contribution is 7.09. The van der Waals surface area contributed by atoms with Gasteiger partial charge >= 0.3 is 0 Å². The first-order valence-electron chi connectivity index (χ1n) is 5.18. The van der Waals surface area contributed by atoms with Crippen molar-refractivity contribution in [3.05, 3.63) is 56.3 Å². The van der Waals surface area contributed by atoms with Gasteiger partial charge in [0, 0.05) is 17.6 Å². The van der Waals surface area contributed by atoms with Crippen LogP contribution in [0.3, 0.4) is 0 Å². The van der Waals surface area contributed by atoms with Gasteiger partial charge < -0.3 is 5.32 Å². The topological polar surface area (TPSA) is 85.1 Å². The summed E-state index contributed by atoms with van der Waals surface area (Å²) in [7, 11) is 0. The van der Waals surface area contributed by atoms with Gasteiger partial charge in [-0.15, -0.1) is 11.3 Å². The predicted octanol–water partition coefficient (Wildman–Crippen LogP) is 2.12. The molecule has 1 amide bonds. The minimum absolute atomic E-state index is 0.143. The molecule has 1 N–H and O–H groups in total. The number of benzene rings is 1. The second-order valence-corrected chi connectivity index (χ2v) is 4.51. The lowest BCUT2D eigenvalue weighted by molar-refractivity contribution is -0.385. The summed E-state index contributed by atoms with van der Waals surface area (Å²) in [6.45, 7) is 0.143. The molecule has 1 heterocycles. The molecular weight excluding hydrogens is 273 g/mol. The lowest BCUT2D eigenvalue weighted by Crippen LogP contribution is -2.23. The summed E-state index contributed by atoms with van der Waals surface area (Å²) < 4.78 is 13.1. The Morgan fingerprint density at radius 2 is 2.32 bits per heavy atom. The summed E-state index contributed by atoms with van der Waals surface area (Å²) in [6, 6.07) is 2.75. The molecule has 0 fully saturated rings. The van der Waals surface area contributed by atoms with Crippen LogP contribution in [0.1, 0.15) is 15.4 Å². The molecule has 0 saturated carbocycles. The van der Waals surface area contributed by atoms with E-state index in [0.717, 1.165) is 18.2 Å². The number of nitrogens with one attached hydrogen (secondary N) is 1. The zero-order valence-corrected chi connectivity index (χ0v) is 10.3. The summed E-state index contributed by atoms with van der Waals surface area (Å²) in [4.78, 5) is 25.8. The first-order chi connectivity index (χ1) is 9.08. The molecule has 2 rings (SSSR count). The van der Waals surface area contributed by atoms with E-state index in [4.69, 9.17) is 0 Å². The summed E-state index contributed by atoms with van der Waals surface area (Å²) in [5.74, 6) is -1.41. The van der Waals surface area contributed by atoms with E-state index in [9.17, 15) is 19.3 Å². The molecule has 0 aliphatic heterocycles. The fourth-order valence-electron chi connectivity index (χ4n) is 1.44. The monoisotopic (exact) mass is 281 g/mol. The number of amides is 1. The van der Waals surface area contributed by atoms with Gasteiger partial charge in [0.1, 0.15) is 16.4 Å². The third-order valence-electron chi connectivity index (χ3n) is 2.28. The molecule has 8 heteroatoms. The van der Waals surface area contributed by atoms with Crippen molar-refractivity contribution in [3.8, 4) is 0 Å².